The van der Waals surface area contributed by atoms with Crippen molar-refractivity contribution in [2.24, 2.45) is 28.6 Å². The molecule has 0 radical (unpaired) electrons. The number of ether oxygens (including phenoxy) is 1. The molecule has 4 aliphatic carbocycles. The molecule has 1 aliphatic heterocycles. The smallest absolute Gasteiger partial charge is 0.220 e. The van der Waals surface area contributed by atoms with E-state index in [1.807, 2.05) is 19.1 Å². The van der Waals surface area contributed by atoms with Gasteiger partial charge >= 0.3 is 0 Å². The number of carbonyl (C=O) groups excluding carboxylic acids is 2. The molecule has 5 nitrogen and oxygen atoms in total. The molecule has 35 heavy (non-hydrogen) atoms. The predicted octanol–water partition coefficient (Wildman–Crippen LogP) is 5.46. The second kappa shape index (κ2) is 8.97. The number of carbonyl (C=O) groups is 2. The van der Waals surface area contributed by atoms with E-state index in [1.54, 1.807) is 0 Å². The molecule has 5 rings (SSSR count). The number of hydrogen-bond donors (Lipinski definition) is 2. The first-order chi connectivity index (χ1) is 16.4. The average molecular weight is 524 g/mol. The molecule has 2 N–H and O–H groups in total. The summed E-state index contributed by atoms with van der Waals surface area (Å²) >= 11 is 13.6. The highest BCUT2D eigenvalue weighted by Crippen LogP contribution is 2.65. The molecule has 3 unspecified atom stereocenters. The zero-order chi connectivity index (χ0) is 25.2. The van der Waals surface area contributed by atoms with Gasteiger partial charge in [0.05, 0.1) is 5.38 Å². The second-order valence-electron chi connectivity index (χ2n) is 12.4. The lowest BCUT2D eigenvalue weighted by Crippen LogP contribution is -2.61. The van der Waals surface area contributed by atoms with Gasteiger partial charge < -0.3 is 15.4 Å². The quantitative estimate of drug-likeness (QED) is 0.481. The SMILES string of the molecule is CC(=O)NCC1=CC(Cl)C(C)(Cl)C(O[C@H]2CC[C@H]3[C@@H]4CCC5NC(=O)CC[C@]5(C)[C@H]4CC[C@]23C)=C1. The van der Waals surface area contributed by atoms with Gasteiger partial charge in [0.25, 0.3) is 0 Å². The van der Waals surface area contributed by atoms with Gasteiger partial charge in [0.15, 0.2) is 0 Å². The minimum absolute atomic E-state index is 0.0732. The number of fused-ring (bicyclic) bond motifs is 5. The summed E-state index contributed by atoms with van der Waals surface area (Å²) in [6, 6.07) is 0.335. The molecule has 1 heterocycles. The minimum Gasteiger partial charge on any atom is -0.492 e. The first-order valence-corrected chi connectivity index (χ1v) is 14.2. The Morgan fingerprint density at radius 1 is 1.11 bits per heavy atom. The third kappa shape index (κ3) is 4.23. The maximum absolute atomic E-state index is 12.1. The van der Waals surface area contributed by atoms with Crippen molar-refractivity contribution < 1.29 is 14.3 Å². The zero-order valence-corrected chi connectivity index (χ0v) is 23.0. The number of halogens is 2. The zero-order valence-electron chi connectivity index (χ0n) is 21.5. The van der Waals surface area contributed by atoms with Crippen LogP contribution in [-0.2, 0) is 14.3 Å². The molecule has 0 spiro atoms. The van der Waals surface area contributed by atoms with Crippen LogP contribution in [0.2, 0.25) is 0 Å². The number of allylic oxidation sites excluding steroid dienone is 2. The lowest BCUT2D eigenvalue weighted by atomic mass is 9.47. The molecule has 194 valence electrons. The molecule has 9 atom stereocenters. The topological polar surface area (TPSA) is 67.4 Å². The van der Waals surface area contributed by atoms with Gasteiger partial charge in [-0.05, 0) is 86.7 Å². The maximum atomic E-state index is 12.1. The van der Waals surface area contributed by atoms with E-state index in [2.05, 4.69) is 24.5 Å². The van der Waals surface area contributed by atoms with Crippen LogP contribution in [0.4, 0.5) is 0 Å². The highest BCUT2D eigenvalue weighted by atomic mass is 35.5. The first-order valence-electron chi connectivity index (χ1n) is 13.4. The van der Waals surface area contributed by atoms with Crippen molar-refractivity contribution in [3.05, 3.63) is 23.5 Å². The van der Waals surface area contributed by atoms with Gasteiger partial charge in [-0.15, -0.1) is 23.2 Å². The van der Waals surface area contributed by atoms with Gasteiger partial charge in [-0.25, -0.2) is 0 Å². The molecule has 5 aliphatic rings. The predicted molar refractivity (Wildman–Crippen MR) is 139 cm³/mol. The van der Waals surface area contributed by atoms with Crippen molar-refractivity contribution in [2.75, 3.05) is 6.54 Å². The van der Waals surface area contributed by atoms with Crippen molar-refractivity contribution in [3.63, 3.8) is 0 Å². The normalized spacial score (nSPS) is 46.9. The van der Waals surface area contributed by atoms with Gasteiger partial charge in [-0.1, -0.05) is 19.9 Å². The number of piperidine rings is 1. The fourth-order valence-corrected chi connectivity index (χ4v) is 8.76. The average Bonchev–Trinajstić information content (AvgIpc) is 3.12. The van der Waals surface area contributed by atoms with Crippen molar-refractivity contribution in [2.45, 2.75) is 101 Å². The summed E-state index contributed by atoms with van der Waals surface area (Å²) in [5.74, 6) is 2.88. The Morgan fingerprint density at radius 2 is 1.86 bits per heavy atom. The summed E-state index contributed by atoms with van der Waals surface area (Å²) in [5, 5.41) is 5.77. The van der Waals surface area contributed by atoms with Crippen LogP contribution in [0.25, 0.3) is 0 Å². The molecule has 0 aromatic carbocycles. The van der Waals surface area contributed by atoms with E-state index in [0.717, 1.165) is 37.0 Å². The summed E-state index contributed by atoms with van der Waals surface area (Å²) in [6.45, 7) is 8.73. The van der Waals surface area contributed by atoms with Crippen molar-refractivity contribution in [1.82, 2.24) is 10.6 Å². The second-order valence-corrected chi connectivity index (χ2v) is 13.7. The standard InChI is InChI=1S/C28H40Cl2N2O3/c1-16(33)31-15-17-13-21(29)28(4,30)24(14-17)35-23-8-6-19-18-5-7-22-26(2,12-10-25(34)32-22)20(18)9-11-27(19,23)3/h13-14,18-23H,5-12,15H2,1-4H3,(H,31,33)(H,32,34)/t18-,19-,20-,21?,22?,23-,26+,27-,28?/m0/s1. The molecule has 0 aromatic rings. The number of alkyl halides is 2. The molecule has 0 aromatic heterocycles. The molecule has 0 bridgehead atoms. The van der Waals surface area contributed by atoms with Crippen LogP contribution in [0.15, 0.2) is 23.5 Å². The third-order valence-electron chi connectivity index (χ3n) is 10.5. The van der Waals surface area contributed by atoms with E-state index < -0.39 is 10.3 Å². The van der Waals surface area contributed by atoms with E-state index in [4.69, 9.17) is 27.9 Å². The molecular weight excluding hydrogens is 483 g/mol. The van der Waals surface area contributed by atoms with Gasteiger partial charge in [0.2, 0.25) is 11.8 Å². The Balaban J connectivity index is 1.35. The number of nitrogens with one attached hydrogen (secondary N) is 2. The lowest BCUT2D eigenvalue weighted by molar-refractivity contribution is -0.139. The maximum Gasteiger partial charge on any atom is 0.220 e. The highest BCUT2D eigenvalue weighted by molar-refractivity contribution is 6.34. The van der Waals surface area contributed by atoms with Crippen molar-refractivity contribution in [1.29, 1.82) is 0 Å². The van der Waals surface area contributed by atoms with Crippen LogP contribution in [0.3, 0.4) is 0 Å². The van der Waals surface area contributed by atoms with E-state index in [9.17, 15) is 9.59 Å². The molecule has 4 fully saturated rings. The summed E-state index contributed by atoms with van der Waals surface area (Å²) in [4.78, 5) is 22.7. The van der Waals surface area contributed by atoms with Crippen molar-refractivity contribution in [3.8, 4) is 0 Å². The molecule has 1 saturated heterocycles. The summed E-state index contributed by atoms with van der Waals surface area (Å²) in [6.07, 6.45) is 12.5. The van der Waals surface area contributed by atoms with Gasteiger partial charge in [0.1, 0.15) is 16.7 Å². The van der Waals surface area contributed by atoms with Gasteiger partial charge in [-0.3, -0.25) is 9.59 Å². The molecule has 2 amide bonds. The molecule has 7 heteroatoms. The van der Waals surface area contributed by atoms with Crippen LogP contribution in [0.5, 0.6) is 0 Å². The van der Waals surface area contributed by atoms with Gasteiger partial charge in [-0.2, -0.15) is 0 Å². The third-order valence-corrected chi connectivity index (χ3v) is 11.6. The Bertz CT molecular complexity index is 962. The van der Waals surface area contributed by atoms with Crippen LogP contribution in [-0.4, -0.2) is 40.8 Å². The van der Waals surface area contributed by atoms with Crippen LogP contribution < -0.4 is 10.6 Å². The number of amides is 2. The summed E-state index contributed by atoms with van der Waals surface area (Å²) in [5.41, 5.74) is 1.26. The van der Waals surface area contributed by atoms with E-state index in [0.29, 0.717) is 36.8 Å². The Hall–Kier alpha value is -1.20. The fourth-order valence-electron chi connectivity index (χ4n) is 8.32. The fraction of sp³-hybridized carbons (Fsp3) is 0.786. The first kappa shape index (κ1) is 25.4. The van der Waals surface area contributed by atoms with Gasteiger partial charge in [0, 0.05) is 31.3 Å². The van der Waals surface area contributed by atoms with E-state index >= 15 is 0 Å². The van der Waals surface area contributed by atoms with E-state index in [1.165, 1.54) is 26.2 Å². The van der Waals surface area contributed by atoms with E-state index in [-0.39, 0.29) is 28.7 Å². The van der Waals surface area contributed by atoms with Crippen LogP contribution in [0.1, 0.15) is 79.1 Å². The summed E-state index contributed by atoms with van der Waals surface area (Å²) in [7, 11) is 0. The monoisotopic (exact) mass is 522 g/mol. The lowest BCUT2D eigenvalue weighted by Gasteiger charge is -2.60. The largest absolute Gasteiger partial charge is 0.492 e. The number of hydrogen-bond acceptors (Lipinski definition) is 3. The minimum atomic E-state index is -0.821. The molecular formula is C28H40Cl2N2O3. The van der Waals surface area contributed by atoms with Crippen LogP contribution >= 0.6 is 23.2 Å². The Morgan fingerprint density at radius 3 is 2.60 bits per heavy atom. The Kier molecular flexibility index (Phi) is 6.52. The van der Waals surface area contributed by atoms with Crippen molar-refractivity contribution >= 4 is 35.0 Å². The van der Waals surface area contributed by atoms with Crippen LogP contribution in [0, 0.1) is 28.6 Å². The summed E-state index contributed by atoms with van der Waals surface area (Å²) < 4.78 is 6.81. The Labute approximate surface area is 219 Å². The number of rotatable bonds is 4. The highest BCUT2D eigenvalue weighted by Gasteiger charge is 2.61. The molecule has 3 saturated carbocycles.